The molecule has 10 nitrogen and oxygen atoms in total. The summed E-state index contributed by atoms with van der Waals surface area (Å²) in [6.07, 6.45) is -3.81. The predicted octanol–water partition coefficient (Wildman–Crippen LogP) is 4.32. The fourth-order valence-corrected chi connectivity index (χ4v) is 7.49. The number of nitrogens with two attached hydrogens (primary N) is 1. The summed E-state index contributed by atoms with van der Waals surface area (Å²) in [5.41, 5.74) is 0.897. The van der Waals surface area contributed by atoms with Gasteiger partial charge in [0, 0.05) is 30.6 Å². The van der Waals surface area contributed by atoms with E-state index in [1.54, 1.807) is 0 Å². The molecule has 0 radical (unpaired) electrons. The van der Waals surface area contributed by atoms with E-state index in [1.807, 2.05) is 25.8 Å². The van der Waals surface area contributed by atoms with Crippen LogP contribution in [0.4, 0.5) is 33.5 Å². The molecule has 46 heavy (non-hydrogen) atoms. The molecule has 0 amide bonds. The number of likely N-dealkylation sites (N-methyl/N-ethyl adjacent to an activating group) is 1. The standard InChI is InChI=1S/C31H36F5N7O3/c1-5-17-10-43-20(9-38-17)15(3)46-28-21-26(24(33)25(39-28)18-8-19(37)23(32)14(2)22(18)31(34,35)36)40-29(41-27(21)43)45-13-30-12-44-11-16(30)6-7-42(30)4/h8,15-17,20,38H,5-7,9-13,37H2,1-4H3/t15-,16-,17+,20-,30+/m0/s1. The zero-order valence-corrected chi connectivity index (χ0v) is 26.0. The smallest absolute Gasteiger partial charge is 0.417 e. The van der Waals surface area contributed by atoms with Gasteiger partial charge in [0.25, 0.3) is 0 Å². The third kappa shape index (κ3) is 4.72. The van der Waals surface area contributed by atoms with Gasteiger partial charge in [-0.15, -0.1) is 0 Å². The van der Waals surface area contributed by atoms with Gasteiger partial charge in [-0.1, -0.05) is 6.92 Å². The van der Waals surface area contributed by atoms with E-state index in [0.29, 0.717) is 32.1 Å². The van der Waals surface area contributed by atoms with E-state index in [2.05, 4.69) is 20.2 Å². The molecule has 3 saturated heterocycles. The summed E-state index contributed by atoms with van der Waals surface area (Å²) in [5.74, 6) is -1.96. The number of nitrogens with zero attached hydrogens (tertiary/aromatic N) is 5. The van der Waals surface area contributed by atoms with Gasteiger partial charge in [-0.2, -0.15) is 23.1 Å². The summed E-state index contributed by atoms with van der Waals surface area (Å²) in [7, 11) is 2.00. The maximum absolute atomic E-state index is 16.8. The zero-order chi connectivity index (χ0) is 32.7. The van der Waals surface area contributed by atoms with Crippen molar-refractivity contribution >= 4 is 22.4 Å². The first-order valence-electron chi connectivity index (χ1n) is 15.5. The first-order chi connectivity index (χ1) is 21.8. The zero-order valence-electron chi connectivity index (χ0n) is 26.0. The summed E-state index contributed by atoms with van der Waals surface area (Å²) in [4.78, 5) is 17.8. The van der Waals surface area contributed by atoms with Crippen LogP contribution >= 0.6 is 0 Å². The summed E-state index contributed by atoms with van der Waals surface area (Å²) in [6.45, 7) is 7.94. The summed E-state index contributed by atoms with van der Waals surface area (Å²) in [6, 6.07) is 0.452. The number of nitrogen functional groups attached to an aromatic ring is 1. The number of piperazine rings is 1. The first-order valence-corrected chi connectivity index (χ1v) is 15.5. The Labute approximate surface area is 262 Å². The third-order valence-electron chi connectivity index (χ3n) is 10.3. The monoisotopic (exact) mass is 649 g/mol. The minimum atomic E-state index is -5.04. The number of pyridine rings is 1. The van der Waals surface area contributed by atoms with E-state index in [4.69, 9.17) is 24.9 Å². The molecule has 15 heteroatoms. The Morgan fingerprint density at radius 1 is 1.20 bits per heavy atom. The number of aromatic nitrogens is 3. The van der Waals surface area contributed by atoms with Crippen LogP contribution in [0, 0.1) is 24.5 Å². The van der Waals surface area contributed by atoms with Gasteiger partial charge < -0.3 is 30.2 Å². The Kier molecular flexibility index (Phi) is 7.44. The normalized spacial score (nSPS) is 27.8. The fourth-order valence-electron chi connectivity index (χ4n) is 7.49. The molecule has 3 fully saturated rings. The van der Waals surface area contributed by atoms with Crippen LogP contribution in [-0.4, -0.2) is 90.1 Å². The molecule has 5 atom stereocenters. The van der Waals surface area contributed by atoms with Crippen LogP contribution in [0.15, 0.2) is 6.07 Å². The molecule has 0 spiro atoms. The Morgan fingerprint density at radius 3 is 2.72 bits per heavy atom. The summed E-state index contributed by atoms with van der Waals surface area (Å²) < 4.78 is 92.9. The molecule has 0 unspecified atom stereocenters. The van der Waals surface area contributed by atoms with Gasteiger partial charge in [-0.3, -0.25) is 4.90 Å². The molecule has 2 aromatic heterocycles. The van der Waals surface area contributed by atoms with E-state index >= 15 is 4.39 Å². The van der Waals surface area contributed by atoms with Crippen LogP contribution in [0.2, 0.25) is 0 Å². The highest BCUT2D eigenvalue weighted by Crippen LogP contribution is 2.47. The number of ether oxygens (including phenoxy) is 3. The maximum Gasteiger partial charge on any atom is 0.417 e. The molecule has 3 N–H and O–H groups in total. The molecule has 248 valence electrons. The van der Waals surface area contributed by atoms with Crippen molar-refractivity contribution in [3.8, 4) is 23.1 Å². The van der Waals surface area contributed by atoms with Crippen molar-refractivity contribution in [2.75, 3.05) is 57.1 Å². The van der Waals surface area contributed by atoms with E-state index < -0.39 is 57.5 Å². The lowest BCUT2D eigenvalue weighted by molar-refractivity contribution is -0.137. The van der Waals surface area contributed by atoms with Crippen molar-refractivity contribution in [3.63, 3.8) is 0 Å². The Balaban J connectivity index is 1.44. The fraction of sp³-hybridized carbons (Fsp3) is 0.581. The van der Waals surface area contributed by atoms with Gasteiger partial charge in [0.05, 0.1) is 36.0 Å². The highest BCUT2D eigenvalue weighted by molar-refractivity contribution is 5.97. The highest BCUT2D eigenvalue weighted by atomic mass is 19.4. The molecule has 0 bridgehead atoms. The Bertz CT molecular complexity index is 1710. The van der Waals surface area contributed by atoms with Crippen LogP contribution in [0.25, 0.3) is 22.2 Å². The molecule has 0 aliphatic carbocycles. The van der Waals surface area contributed by atoms with E-state index in [1.165, 1.54) is 0 Å². The molecule has 4 aliphatic heterocycles. The minimum Gasteiger partial charge on any atom is -0.472 e. The number of alkyl halides is 3. The minimum absolute atomic E-state index is 0.0957. The number of anilines is 2. The predicted molar refractivity (Wildman–Crippen MR) is 160 cm³/mol. The van der Waals surface area contributed by atoms with Crippen molar-refractivity contribution in [2.24, 2.45) is 5.92 Å². The number of likely N-dealkylation sites (tertiary alicyclic amines) is 1. The van der Waals surface area contributed by atoms with Gasteiger partial charge in [0.1, 0.15) is 40.9 Å². The van der Waals surface area contributed by atoms with Crippen LogP contribution in [-0.2, 0) is 10.9 Å². The largest absolute Gasteiger partial charge is 0.472 e. The Hall–Kier alpha value is -3.56. The van der Waals surface area contributed by atoms with Gasteiger partial charge in [-0.05, 0) is 51.9 Å². The van der Waals surface area contributed by atoms with Crippen molar-refractivity contribution in [1.29, 1.82) is 0 Å². The van der Waals surface area contributed by atoms with Crippen molar-refractivity contribution in [1.82, 2.24) is 25.2 Å². The van der Waals surface area contributed by atoms with Crippen LogP contribution in [0.1, 0.15) is 37.8 Å². The average Bonchev–Trinajstić information content (AvgIpc) is 3.54. The van der Waals surface area contributed by atoms with Crippen LogP contribution in [0.3, 0.4) is 0 Å². The van der Waals surface area contributed by atoms with E-state index in [9.17, 15) is 17.6 Å². The van der Waals surface area contributed by atoms with Crippen LogP contribution in [0.5, 0.6) is 11.9 Å². The van der Waals surface area contributed by atoms with Crippen molar-refractivity contribution < 1.29 is 36.2 Å². The highest BCUT2D eigenvalue weighted by Gasteiger charge is 2.52. The molecule has 3 aromatic rings. The number of halogens is 5. The quantitative estimate of drug-likeness (QED) is 0.307. The Morgan fingerprint density at radius 2 is 1.98 bits per heavy atom. The molecule has 6 heterocycles. The second-order valence-corrected chi connectivity index (χ2v) is 12.8. The topological polar surface area (TPSA) is 111 Å². The molecule has 7 rings (SSSR count). The van der Waals surface area contributed by atoms with Gasteiger partial charge in [0.15, 0.2) is 5.82 Å². The second-order valence-electron chi connectivity index (χ2n) is 12.8. The van der Waals surface area contributed by atoms with Gasteiger partial charge >= 0.3 is 12.2 Å². The molecular weight excluding hydrogens is 613 g/mol. The van der Waals surface area contributed by atoms with E-state index in [0.717, 1.165) is 32.4 Å². The lowest BCUT2D eigenvalue weighted by Crippen LogP contribution is -2.60. The first kappa shape index (κ1) is 31.1. The average molecular weight is 650 g/mol. The summed E-state index contributed by atoms with van der Waals surface area (Å²) in [5, 5.41) is 3.62. The molecule has 4 aliphatic rings. The third-order valence-corrected chi connectivity index (χ3v) is 10.3. The maximum atomic E-state index is 16.8. The van der Waals surface area contributed by atoms with Crippen LogP contribution < -0.4 is 25.4 Å². The number of rotatable bonds is 5. The van der Waals surface area contributed by atoms with Gasteiger partial charge in [0.2, 0.25) is 5.88 Å². The number of nitrogens with one attached hydrogen (secondary N) is 1. The number of hydrogen-bond donors (Lipinski definition) is 2. The lowest BCUT2D eigenvalue weighted by Gasteiger charge is -2.42. The summed E-state index contributed by atoms with van der Waals surface area (Å²) >= 11 is 0. The van der Waals surface area contributed by atoms with Gasteiger partial charge in [-0.25, -0.2) is 13.8 Å². The van der Waals surface area contributed by atoms with Crippen molar-refractivity contribution in [2.45, 2.75) is 63.5 Å². The van der Waals surface area contributed by atoms with Crippen molar-refractivity contribution in [3.05, 3.63) is 28.8 Å². The number of benzene rings is 1. The number of hydrogen-bond acceptors (Lipinski definition) is 10. The molecule has 0 saturated carbocycles. The SMILES string of the molecule is CC[C@@H]1CN2c3nc(OC[C@]45COC[C@@H]4CCN5C)nc4c(F)c(-c5cc(N)c(F)c(C)c5C(F)(F)F)nc(c34)O[C@@H](C)[C@@H]2CN1. The molecule has 1 aromatic carbocycles. The number of fused-ring (bicyclic) bond motifs is 3. The second kappa shape index (κ2) is 11.0. The molecular formula is C31H36F5N7O3. The lowest BCUT2D eigenvalue weighted by atomic mass is 9.89. The van der Waals surface area contributed by atoms with E-state index in [-0.39, 0.29) is 47.4 Å².